The fourth-order valence-electron chi connectivity index (χ4n) is 4.68. The second-order valence-electron chi connectivity index (χ2n) is 8.77. The topological polar surface area (TPSA) is 120 Å². The van der Waals surface area contributed by atoms with E-state index in [1.54, 1.807) is 48.5 Å². The van der Waals surface area contributed by atoms with Crippen LogP contribution in [0.15, 0.2) is 73.1 Å². The van der Waals surface area contributed by atoms with Gasteiger partial charge in [-0.15, -0.1) is 0 Å². The first-order chi connectivity index (χ1) is 16.3. The lowest BCUT2D eigenvalue weighted by atomic mass is 9.73. The van der Waals surface area contributed by atoms with Gasteiger partial charge in [0.15, 0.2) is 18.2 Å². The van der Waals surface area contributed by atoms with Crippen LogP contribution in [0.1, 0.15) is 57.5 Å². The Labute approximate surface area is 195 Å². The molecule has 0 atom stereocenters. The zero-order chi connectivity index (χ0) is 23.9. The van der Waals surface area contributed by atoms with Crippen molar-refractivity contribution in [3.8, 4) is 0 Å². The number of benzene rings is 2. The highest BCUT2D eigenvalue weighted by atomic mass is 16.6. The van der Waals surface area contributed by atoms with Crippen LogP contribution in [0.3, 0.4) is 0 Å². The summed E-state index contributed by atoms with van der Waals surface area (Å²) in [5, 5.41) is 25.5. The summed E-state index contributed by atoms with van der Waals surface area (Å²) in [5.41, 5.74) is -0.315. The molecule has 172 valence electrons. The van der Waals surface area contributed by atoms with Gasteiger partial charge in [-0.25, -0.2) is 4.79 Å². The Morgan fingerprint density at radius 1 is 0.941 bits per heavy atom. The normalized spacial score (nSPS) is 23.3. The Morgan fingerprint density at radius 2 is 1.59 bits per heavy atom. The van der Waals surface area contributed by atoms with E-state index < -0.39 is 23.1 Å². The minimum absolute atomic E-state index is 0.0594. The maximum absolute atomic E-state index is 12.9. The number of aromatic nitrogens is 1. The van der Waals surface area contributed by atoms with Crippen LogP contribution in [0.2, 0.25) is 0 Å². The number of fused-ring (bicyclic) bond motifs is 2. The van der Waals surface area contributed by atoms with Gasteiger partial charge >= 0.3 is 5.97 Å². The molecule has 2 heterocycles. The lowest BCUT2D eigenvalue weighted by molar-refractivity contribution is -0.606. The highest BCUT2D eigenvalue weighted by Gasteiger charge is 2.54. The molecule has 1 spiro atoms. The molecule has 1 saturated carbocycles. The molecule has 1 aliphatic carbocycles. The first-order valence-electron chi connectivity index (χ1n) is 11.0. The molecule has 2 N–H and O–H groups in total. The molecule has 0 saturated heterocycles. The molecule has 8 nitrogen and oxygen atoms in total. The van der Waals surface area contributed by atoms with Gasteiger partial charge in [-0.1, -0.05) is 30.3 Å². The highest BCUT2D eigenvalue weighted by Crippen LogP contribution is 2.48. The van der Waals surface area contributed by atoms with Crippen molar-refractivity contribution in [2.24, 2.45) is 0 Å². The van der Waals surface area contributed by atoms with E-state index >= 15 is 0 Å². The van der Waals surface area contributed by atoms with Crippen molar-refractivity contribution in [2.45, 2.75) is 36.9 Å². The maximum Gasteiger partial charge on any atom is 0.339 e. The summed E-state index contributed by atoms with van der Waals surface area (Å²) in [7, 11) is 0. The zero-order valence-electron chi connectivity index (χ0n) is 18.2. The smallest absolute Gasteiger partial charge is 0.339 e. The third kappa shape index (κ3) is 3.72. The lowest BCUT2D eigenvalue weighted by Gasteiger charge is -2.39. The van der Waals surface area contributed by atoms with E-state index in [0.717, 1.165) is 0 Å². The maximum atomic E-state index is 12.9. The summed E-state index contributed by atoms with van der Waals surface area (Å²) >= 11 is 0. The number of hydrogen-bond acceptors (Lipinski definition) is 6. The summed E-state index contributed by atoms with van der Waals surface area (Å²) in [6.45, 7) is 0. The van der Waals surface area contributed by atoms with E-state index in [1.807, 2.05) is 6.07 Å². The SMILES string of the molecule is O=C(c1ccccc1)c1ccc(NC(=O)C2(O)CCC3(CC2)OC(=O)c2cc[n+]([O-])cc23)cc1. The number of ketones is 1. The van der Waals surface area contributed by atoms with Crippen LogP contribution in [0.25, 0.3) is 0 Å². The third-order valence-corrected chi connectivity index (χ3v) is 6.68. The van der Waals surface area contributed by atoms with Crippen molar-refractivity contribution in [3.05, 3.63) is 101 Å². The molecule has 8 heteroatoms. The molecule has 0 unspecified atom stereocenters. The number of rotatable bonds is 4. The van der Waals surface area contributed by atoms with Gasteiger partial charge in [0.2, 0.25) is 0 Å². The van der Waals surface area contributed by atoms with E-state index in [9.17, 15) is 24.7 Å². The van der Waals surface area contributed by atoms with Gasteiger partial charge in [-0.05, 0) is 49.9 Å². The Morgan fingerprint density at radius 3 is 2.26 bits per heavy atom. The van der Waals surface area contributed by atoms with Gasteiger partial charge < -0.3 is 20.4 Å². The number of carbonyl (C=O) groups is 3. The van der Waals surface area contributed by atoms with Crippen molar-refractivity contribution in [2.75, 3.05) is 5.32 Å². The zero-order valence-corrected chi connectivity index (χ0v) is 18.2. The van der Waals surface area contributed by atoms with Crippen LogP contribution in [0.5, 0.6) is 0 Å². The van der Waals surface area contributed by atoms with Crippen molar-refractivity contribution >= 4 is 23.3 Å². The van der Waals surface area contributed by atoms with Gasteiger partial charge in [0.1, 0.15) is 11.2 Å². The number of anilines is 1. The molecular formula is C26H22N2O6. The summed E-state index contributed by atoms with van der Waals surface area (Å²) in [6, 6.07) is 16.8. The second kappa shape index (κ2) is 8.07. The Hall–Kier alpha value is -4.04. The fraction of sp³-hybridized carbons (Fsp3) is 0.231. The number of carbonyl (C=O) groups excluding carboxylic acids is 3. The van der Waals surface area contributed by atoms with Crippen molar-refractivity contribution in [3.63, 3.8) is 0 Å². The number of esters is 1. The van der Waals surface area contributed by atoms with E-state index in [0.29, 0.717) is 32.7 Å². The predicted octanol–water partition coefficient (Wildman–Crippen LogP) is 2.86. The molecule has 1 amide bonds. The molecule has 0 bridgehead atoms. The van der Waals surface area contributed by atoms with E-state index in [4.69, 9.17) is 4.74 Å². The van der Waals surface area contributed by atoms with Gasteiger partial charge in [-0.2, -0.15) is 4.73 Å². The summed E-state index contributed by atoms with van der Waals surface area (Å²) in [6.07, 6.45) is 3.11. The Kier molecular flexibility index (Phi) is 5.17. The number of pyridine rings is 1. The van der Waals surface area contributed by atoms with Crippen LogP contribution in [-0.2, 0) is 15.1 Å². The molecule has 34 heavy (non-hydrogen) atoms. The quantitative estimate of drug-likeness (QED) is 0.269. The summed E-state index contributed by atoms with van der Waals surface area (Å²) in [4.78, 5) is 37.7. The monoisotopic (exact) mass is 458 g/mol. The third-order valence-electron chi connectivity index (χ3n) is 6.68. The van der Waals surface area contributed by atoms with Crippen LogP contribution in [0, 0.1) is 5.21 Å². The molecule has 2 aromatic carbocycles. The number of nitrogens with one attached hydrogen (secondary N) is 1. The molecule has 2 aliphatic rings. The average molecular weight is 458 g/mol. The minimum atomic E-state index is -1.65. The van der Waals surface area contributed by atoms with Crippen LogP contribution >= 0.6 is 0 Å². The highest BCUT2D eigenvalue weighted by molar-refractivity contribution is 6.09. The molecule has 3 aromatic rings. The predicted molar refractivity (Wildman–Crippen MR) is 121 cm³/mol. The summed E-state index contributed by atoms with van der Waals surface area (Å²) in [5.74, 6) is -1.20. The number of hydrogen-bond donors (Lipinski definition) is 2. The summed E-state index contributed by atoms with van der Waals surface area (Å²) < 4.78 is 6.23. The number of nitrogens with zero attached hydrogens (tertiary/aromatic N) is 1. The average Bonchev–Trinajstić information content (AvgIpc) is 3.12. The largest absolute Gasteiger partial charge is 0.619 e. The van der Waals surface area contributed by atoms with Gasteiger partial charge in [0.25, 0.3) is 5.91 Å². The van der Waals surface area contributed by atoms with Crippen molar-refractivity contribution in [1.82, 2.24) is 0 Å². The first kappa shape index (κ1) is 21.8. The van der Waals surface area contributed by atoms with Crippen LogP contribution in [0.4, 0.5) is 5.69 Å². The molecular weight excluding hydrogens is 436 g/mol. The molecule has 1 aliphatic heterocycles. The fourth-order valence-corrected chi connectivity index (χ4v) is 4.68. The number of ether oxygens (including phenoxy) is 1. The Bertz CT molecular complexity index is 1280. The Balaban J connectivity index is 1.26. The minimum Gasteiger partial charge on any atom is -0.619 e. The van der Waals surface area contributed by atoms with E-state index in [-0.39, 0.29) is 31.5 Å². The van der Waals surface area contributed by atoms with Crippen molar-refractivity contribution in [1.29, 1.82) is 0 Å². The first-order valence-corrected chi connectivity index (χ1v) is 11.0. The standard InChI is InChI=1S/C26H22N2O6/c29-22(17-4-2-1-3-5-17)18-6-8-19(9-7-18)27-24(31)25(32)11-13-26(14-12-25)21-16-28(33)15-10-20(21)23(30)34-26/h1-10,15-16,32H,11-14H2,(H,27,31). The van der Waals surface area contributed by atoms with Gasteiger partial charge in [0, 0.05) is 22.9 Å². The lowest BCUT2D eigenvalue weighted by Crippen LogP contribution is -2.49. The molecule has 0 radical (unpaired) electrons. The van der Waals surface area contributed by atoms with Crippen LogP contribution in [-0.4, -0.2) is 28.4 Å². The van der Waals surface area contributed by atoms with Crippen LogP contribution < -0.4 is 10.0 Å². The molecule has 1 fully saturated rings. The molecule has 5 rings (SSSR count). The van der Waals surface area contributed by atoms with E-state index in [1.165, 1.54) is 18.5 Å². The second-order valence-corrected chi connectivity index (χ2v) is 8.77. The van der Waals surface area contributed by atoms with Gasteiger partial charge in [-0.3, -0.25) is 9.59 Å². The number of aliphatic hydroxyl groups is 1. The number of amides is 1. The van der Waals surface area contributed by atoms with Gasteiger partial charge in [0.05, 0.1) is 11.1 Å². The molecule has 1 aromatic heterocycles. The van der Waals surface area contributed by atoms with E-state index in [2.05, 4.69) is 5.32 Å². The van der Waals surface area contributed by atoms with Crippen molar-refractivity contribution < 1.29 is 29.0 Å².